The fraction of sp³-hybridized carbons (Fsp3) is 0.500. The minimum Gasteiger partial charge on any atom is -0.463 e. The van der Waals surface area contributed by atoms with Crippen molar-refractivity contribution in [3.05, 3.63) is 0 Å². The number of aliphatic imine (C=N–C) groups is 1. The first-order chi connectivity index (χ1) is 4.87. The Morgan fingerprint density at radius 1 is 1.45 bits per heavy atom. The van der Waals surface area contributed by atoms with Crippen LogP contribution in [0.1, 0.15) is 0 Å². The van der Waals surface area contributed by atoms with E-state index in [2.05, 4.69) is 4.74 Å². The molecule has 0 bridgehead atoms. The zero-order chi connectivity index (χ0) is 9.07. The summed E-state index contributed by atoms with van der Waals surface area (Å²) in [6, 6.07) is 0. The Labute approximate surface area is 58.7 Å². The summed E-state index contributed by atoms with van der Waals surface area (Å²) < 4.78 is 49.0. The SMILES string of the molecule is COC(=O)C(F)=NC(F)(F)F. The van der Waals surface area contributed by atoms with Crippen LogP contribution in [0.2, 0.25) is 0 Å². The smallest absolute Gasteiger partial charge is 0.463 e. The van der Waals surface area contributed by atoms with Crippen molar-refractivity contribution in [1.82, 2.24) is 0 Å². The first-order valence-electron chi connectivity index (χ1n) is 2.27. The predicted molar refractivity (Wildman–Crippen MR) is 26.6 cm³/mol. The van der Waals surface area contributed by atoms with Crippen LogP contribution in [0.3, 0.4) is 0 Å². The maximum absolute atomic E-state index is 11.8. The van der Waals surface area contributed by atoms with E-state index >= 15 is 0 Å². The number of hydrogen-bond acceptors (Lipinski definition) is 3. The van der Waals surface area contributed by atoms with Gasteiger partial charge in [0.25, 0.3) is 0 Å². The second-order valence-corrected chi connectivity index (χ2v) is 1.36. The van der Waals surface area contributed by atoms with Gasteiger partial charge in [0.1, 0.15) is 0 Å². The Morgan fingerprint density at radius 2 is 1.91 bits per heavy atom. The van der Waals surface area contributed by atoms with Crippen LogP contribution in [0.5, 0.6) is 0 Å². The van der Waals surface area contributed by atoms with Gasteiger partial charge in [0.15, 0.2) is 0 Å². The van der Waals surface area contributed by atoms with E-state index in [0.29, 0.717) is 0 Å². The highest BCUT2D eigenvalue weighted by Crippen LogP contribution is 2.16. The molecule has 0 atom stereocenters. The molecule has 0 amide bonds. The molecule has 0 unspecified atom stereocenters. The molecule has 0 aromatic heterocycles. The molecular weight excluding hydrogens is 170 g/mol. The molecule has 0 aliphatic carbocycles. The molecule has 0 saturated carbocycles. The van der Waals surface area contributed by atoms with Gasteiger partial charge in [-0.2, -0.15) is 4.39 Å². The number of nitrogens with zero attached hydrogens (tertiary/aromatic N) is 1. The summed E-state index contributed by atoms with van der Waals surface area (Å²) in [6.07, 6.45) is -5.09. The summed E-state index contributed by atoms with van der Waals surface area (Å²) in [4.78, 5) is 11.4. The van der Waals surface area contributed by atoms with Gasteiger partial charge in [-0.3, -0.25) is 0 Å². The standard InChI is InChI=1S/C4H3F4NO2/c1-11-3(10)2(5)9-4(6,7)8/h1H3. The number of esters is 1. The van der Waals surface area contributed by atoms with Gasteiger partial charge in [0.2, 0.25) is 0 Å². The third kappa shape index (κ3) is 4.29. The van der Waals surface area contributed by atoms with Gasteiger partial charge in [-0.15, -0.1) is 18.2 Å². The summed E-state index contributed by atoms with van der Waals surface area (Å²) >= 11 is 0. The largest absolute Gasteiger partial charge is 0.505 e. The molecule has 11 heavy (non-hydrogen) atoms. The fourth-order valence-electron chi connectivity index (χ4n) is 0.241. The first-order valence-corrected chi connectivity index (χ1v) is 2.27. The number of alkyl halides is 3. The molecule has 0 saturated heterocycles. The molecule has 0 fully saturated rings. The van der Waals surface area contributed by atoms with Crippen LogP contribution in [0.4, 0.5) is 17.6 Å². The van der Waals surface area contributed by atoms with Gasteiger partial charge in [-0.05, 0) is 0 Å². The van der Waals surface area contributed by atoms with Crippen LogP contribution in [-0.2, 0) is 9.53 Å². The number of rotatable bonds is 1. The van der Waals surface area contributed by atoms with Crippen molar-refractivity contribution in [2.24, 2.45) is 4.99 Å². The first kappa shape index (κ1) is 9.86. The number of carbonyl (C=O) groups excluding carboxylic acids is 1. The van der Waals surface area contributed by atoms with Crippen LogP contribution < -0.4 is 0 Å². The monoisotopic (exact) mass is 173 g/mol. The molecule has 7 heteroatoms. The Kier molecular flexibility index (Phi) is 2.97. The van der Waals surface area contributed by atoms with Crippen molar-refractivity contribution >= 4 is 11.9 Å². The fourth-order valence-corrected chi connectivity index (χ4v) is 0.241. The molecular formula is C4H3F4NO2. The summed E-state index contributed by atoms with van der Waals surface area (Å²) in [5.74, 6) is -3.96. The van der Waals surface area contributed by atoms with Crippen LogP contribution >= 0.6 is 0 Å². The van der Waals surface area contributed by atoms with Gasteiger partial charge in [0.05, 0.1) is 7.11 Å². The van der Waals surface area contributed by atoms with E-state index in [9.17, 15) is 22.4 Å². The third-order valence-corrected chi connectivity index (χ3v) is 0.579. The lowest BCUT2D eigenvalue weighted by molar-refractivity contribution is -0.136. The number of carbonyl (C=O) groups is 1. The molecule has 0 spiro atoms. The second-order valence-electron chi connectivity index (χ2n) is 1.36. The van der Waals surface area contributed by atoms with Gasteiger partial charge in [0, 0.05) is 0 Å². The number of hydrogen-bond donors (Lipinski definition) is 0. The molecule has 64 valence electrons. The highest BCUT2D eigenvalue weighted by Gasteiger charge is 2.29. The highest BCUT2D eigenvalue weighted by molar-refractivity contribution is 6.32. The number of methoxy groups -OCH3 is 1. The van der Waals surface area contributed by atoms with E-state index in [-0.39, 0.29) is 0 Å². The molecule has 0 aliphatic rings. The van der Waals surface area contributed by atoms with Crippen molar-refractivity contribution < 1.29 is 27.1 Å². The second kappa shape index (κ2) is 3.31. The van der Waals surface area contributed by atoms with Crippen LogP contribution in [0.25, 0.3) is 0 Å². The van der Waals surface area contributed by atoms with E-state index < -0.39 is 18.2 Å². The van der Waals surface area contributed by atoms with Gasteiger partial charge in [-0.1, -0.05) is 0 Å². The van der Waals surface area contributed by atoms with Crippen molar-refractivity contribution in [2.75, 3.05) is 7.11 Å². The Morgan fingerprint density at radius 3 is 2.18 bits per heavy atom. The molecule has 0 aliphatic heterocycles. The lowest BCUT2D eigenvalue weighted by atomic mass is 10.7. The average molecular weight is 173 g/mol. The highest BCUT2D eigenvalue weighted by atomic mass is 19.4. The summed E-state index contributed by atoms with van der Waals surface area (Å²) in [5, 5.41) is 0. The van der Waals surface area contributed by atoms with E-state index in [1.165, 1.54) is 4.99 Å². The van der Waals surface area contributed by atoms with Gasteiger partial charge < -0.3 is 4.74 Å². The Balaban J connectivity index is 4.34. The minimum absolute atomic E-state index is 0.744. The zero-order valence-corrected chi connectivity index (χ0v) is 5.28. The van der Waals surface area contributed by atoms with Crippen molar-refractivity contribution in [1.29, 1.82) is 0 Å². The number of ether oxygens (including phenoxy) is 1. The number of halogens is 4. The summed E-state index contributed by atoms with van der Waals surface area (Å²) in [6.45, 7) is 0. The quantitative estimate of drug-likeness (QED) is 0.257. The lowest BCUT2D eigenvalue weighted by Crippen LogP contribution is -2.15. The van der Waals surface area contributed by atoms with E-state index in [1.807, 2.05) is 0 Å². The average Bonchev–Trinajstić information content (AvgIpc) is 1.82. The van der Waals surface area contributed by atoms with Crippen molar-refractivity contribution in [3.8, 4) is 0 Å². The van der Waals surface area contributed by atoms with Crippen LogP contribution in [0.15, 0.2) is 4.99 Å². The summed E-state index contributed by atoms with van der Waals surface area (Å²) in [7, 11) is 0.744. The van der Waals surface area contributed by atoms with Crippen molar-refractivity contribution in [2.45, 2.75) is 6.30 Å². The molecule has 0 aromatic carbocycles. The molecule has 0 radical (unpaired) electrons. The van der Waals surface area contributed by atoms with Crippen LogP contribution in [-0.4, -0.2) is 25.3 Å². The molecule has 0 N–H and O–H groups in total. The van der Waals surface area contributed by atoms with Gasteiger partial charge in [-0.25, -0.2) is 4.79 Å². The molecule has 0 rings (SSSR count). The Hall–Kier alpha value is -1.14. The molecule has 0 heterocycles. The van der Waals surface area contributed by atoms with E-state index in [1.54, 1.807) is 0 Å². The zero-order valence-electron chi connectivity index (χ0n) is 5.28. The Bertz CT molecular complexity index is 185. The lowest BCUT2D eigenvalue weighted by Gasteiger charge is -1.97. The van der Waals surface area contributed by atoms with E-state index in [0.717, 1.165) is 7.11 Å². The molecule has 3 nitrogen and oxygen atoms in total. The predicted octanol–water partition coefficient (Wildman–Crippen LogP) is 1.05. The van der Waals surface area contributed by atoms with Crippen LogP contribution in [0, 0.1) is 0 Å². The minimum atomic E-state index is -5.09. The maximum Gasteiger partial charge on any atom is 0.505 e. The van der Waals surface area contributed by atoms with Crippen molar-refractivity contribution in [3.63, 3.8) is 0 Å². The van der Waals surface area contributed by atoms with Gasteiger partial charge >= 0.3 is 18.2 Å². The summed E-state index contributed by atoms with van der Waals surface area (Å²) in [5.41, 5.74) is 0. The van der Waals surface area contributed by atoms with E-state index in [4.69, 9.17) is 0 Å². The maximum atomic E-state index is 11.8. The normalized spacial score (nSPS) is 13.0. The topological polar surface area (TPSA) is 38.7 Å². The molecule has 0 aromatic rings. The third-order valence-electron chi connectivity index (χ3n) is 0.579.